The van der Waals surface area contributed by atoms with E-state index in [-0.39, 0.29) is 23.5 Å². The number of hydrogen-bond acceptors (Lipinski definition) is 3. The maximum absolute atomic E-state index is 12.5. The second kappa shape index (κ2) is 4.70. The summed E-state index contributed by atoms with van der Waals surface area (Å²) >= 11 is 0. The minimum Gasteiger partial charge on any atom is -0.380 e. The van der Waals surface area contributed by atoms with Gasteiger partial charge in [0.1, 0.15) is 0 Å². The lowest BCUT2D eigenvalue weighted by Gasteiger charge is -2.39. The molecule has 1 heterocycles. The molecule has 1 amide bonds. The first kappa shape index (κ1) is 14.3. The van der Waals surface area contributed by atoms with Crippen LogP contribution in [0.15, 0.2) is 0 Å². The van der Waals surface area contributed by atoms with Gasteiger partial charge in [-0.05, 0) is 42.4 Å². The van der Waals surface area contributed by atoms with Crippen LogP contribution < -0.4 is 10.6 Å². The topological polar surface area (TPSA) is 50.4 Å². The van der Waals surface area contributed by atoms with Gasteiger partial charge in [-0.2, -0.15) is 0 Å². The van der Waals surface area contributed by atoms with Crippen molar-refractivity contribution < 1.29 is 9.53 Å². The molecule has 4 nitrogen and oxygen atoms in total. The maximum Gasteiger partial charge on any atom is 0.237 e. The van der Waals surface area contributed by atoms with Gasteiger partial charge in [-0.3, -0.25) is 4.79 Å². The van der Waals surface area contributed by atoms with Gasteiger partial charge in [0.2, 0.25) is 5.91 Å². The fraction of sp³-hybridized carbons (Fsp3) is 0.938. The molecule has 3 fully saturated rings. The van der Waals surface area contributed by atoms with Crippen LogP contribution in [0.4, 0.5) is 0 Å². The predicted octanol–water partition coefficient (Wildman–Crippen LogP) is 1.69. The molecule has 2 aliphatic carbocycles. The molecule has 0 spiro atoms. The highest BCUT2D eigenvalue weighted by Crippen LogP contribution is 2.65. The van der Waals surface area contributed by atoms with Crippen LogP contribution in [0, 0.1) is 16.7 Å². The second-order valence-electron chi connectivity index (χ2n) is 7.73. The van der Waals surface area contributed by atoms with Crippen molar-refractivity contribution in [2.24, 2.45) is 16.7 Å². The van der Waals surface area contributed by atoms with Crippen molar-refractivity contribution in [3.63, 3.8) is 0 Å². The van der Waals surface area contributed by atoms with Crippen LogP contribution in [0.3, 0.4) is 0 Å². The fourth-order valence-corrected chi connectivity index (χ4v) is 4.78. The number of ether oxygens (including phenoxy) is 1. The molecule has 1 aliphatic heterocycles. The van der Waals surface area contributed by atoms with Crippen LogP contribution >= 0.6 is 0 Å². The quantitative estimate of drug-likeness (QED) is 0.827. The average Bonchev–Trinajstić information content (AvgIpc) is 3.01. The normalized spacial score (nSPS) is 45.8. The van der Waals surface area contributed by atoms with Gasteiger partial charge in [-0.1, -0.05) is 20.8 Å². The number of hydrogen-bond donors (Lipinski definition) is 2. The summed E-state index contributed by atoms with van der Waals surface area (Å²) < 4.78 is 5.32. The summed E-state index contributed by atoms with van der Waals surface area (Å²) in [5, 5.41) is 6.61. The molecule has 3 aliphatic rings. The lowest BCUT2D eigenvalue weighted by molar-refractivity contribution is -0.124. The summed E-state index contributed by atoms with van der Waals surface area (Å²) in [6, 6.07) is 0.262. The largest absolute Gasteiger partial charge is 0.380 e. The van der Waals surface area contributed by atoms with Crippen molar-refractivity contribution in [2.75, 3.05) is 13.7 Å². The second-order valence-corrected chi connectivity index (χ2v) is 7.73. The Balaban J connectivity index is 1.64. The predicted molar refractivity (Wildman–Crippen MR) is 78.4 cm³/mol. The van der Waals surface area contributed by atoms with Crippen LogP contribution in [-0.2, 0) is 9.53 Å². The third-order valence-corrected chi connectivity index (χ3v) is 6.85. The third kappa shape index (κ3) is 1.92. The lowest BCUT2D eigenvalue weighted by Crippen LogP contribution is -2.51. The Morgan fingerprint density at radius 3 is 2.55 bits per heavy atom. The summed E-state index contributed by atoms with van der Waals surface area (Å²) in [7, 11) is 1.71. The van der Waals surface area contributed by atoms with E-state index in [0.29, 0.717) is 11.5 Å². The Kier molecular flexibility index (Phi) is 3.37. The van der Waals surface area contributed by atoms with Crippen LogP contribution in [0.25, 0.3) is 0 Å². The molecular formula is C16H28N2O2. The zero-order chi connectivity index (χ0) is 14.5. The van der Waals surface area contributed by atoms with Gasteiger partial charge in [-0.25, -0.2) is 0 Å². The highest BCUT2D eigenvalue weighted by molar-refractivity contribution is 5.82. The van der Waals surface area contributed by atoms with E-state index in [2.05, 4.69) is 31.4 Å². The minimum atomic E-state index is -0.0780. The molecule has 4 heteroatoms. The van der Waals surface area contributed by atoms with E-state index >= 15 is 0 Å². The van der Waals surface area contributed by atoms with E-state index in [1.807, 2.05) is 0 Å². The van der Waals surface area contributed by atoms with Crippen molar-refractivity contribution in [1.82, 2.24) is 10.6 Å². The first-order chi connectivity index (χ1) is 9.38. The number of carbonyl (C=O) groups is 1. The lowest BCUT2D eigenvalue weighted by atomic mass is 9.69. The molecule has 2 N–H and O–H groups in total. The van der Waals surface area contributed by atoms with Gasteiger partial charge >= 0.3 is 0 Å². The molecule has 0 aromatic heterocycles. The summed E-state index contributed by atoms with van der Waals surface area (Å²) in [5.41, 5.74) is 0.607. The van der Waals surface area contributed by atoms with Crippen LogP contribution in [0.2, 0.25) is 0 Å². The Hall–Kier alpha value is -0.610. The van der Waals surface area contributed by atoms with E-state index in [0.717, 1.165) is 25.3 Å². The van der Waals surface area contributed by atoms with Crippen molar-refractivity contribution >= 4 is 5.91 Å². The zero-order valence-electron chi connectivity index (χ0n) is 13.2. The number of amides is 1. The third-order valence-electron chi connectivity index (χ3n) is 6.85. The number of rotatable bonds is 3. The van der Waals surface area contributed by atoms with Gasteiger partial charge in [0.15, 0.2) is 0 Å². The van der Waals surface area contributed by atoms with Gasteiger partial charge < -0.3 is 15.4 Å². The summed E-state index contributed by atoms with van der Waals surface area (Å²) in [4.78, 5) is 12.5. The standard InChI is InChI=1S/C16H28N2O2/c1-15(2)10-5-6-16(15,3)13(7-10)18-14(19)12-8-11(20-4)9-17-12/h10-13,17H,5-9H2,1-4H3,(H,18,19). The molecular weight excluding hydrogens is 252 g/mol. The molecule has 1 saturated heterocycles. The Morgan fingerprint density at radius 1 is 1.30 bits per heavy atom. The number of nitrogens with one attached hydrogen (secondary N) is 2. The van der Waals surface area contributed by atoms with Crippen molar-refractivity contribution in [2.45, 2.75) is 64.6 Å². The van der Waals surface area contributed by atoms with Gasteiger partial charge in [0, 0.05) is 19.7 Å². The Bertz CT molecular complexity index is 409. The summed E-state index contributed by atoms with van der Waals surface area (Å²) in [5.74, 6) is 0.931. The molecule has 3 rings (SSSR count). The van der Waals surface area contributed by atoms with Gasteiger partial charge in [-0.15, -0.1) is 0 Å². The molecule has 0 aromatic rings. The highest BCUT2D eigenvalue weighted by Gasteiger charge is 2.61. The number of fused-ring (bicyclic) bond motifs is 2. The number of methoxy groups -OCH3 is 1. The molecule has 0 radical (unpaired) electrons. The maximum atomic E-state index is 12.5. The van der Waals surface area contributed by atoms with Crippen LogP contribution in [0.1, 0.15) is 46.5 Å². The van der Waals surface area contributed by atoms with Crippen molar-refractivity contribution in [3.05, 3.63) is 0 Å². The van der Waals surface area contributed by atoms with Crippen LogP contribution in [-0.4, -0.2) is 37.7 Å². The SMILES string of the molecule is COC1CNC(C(=O)NC2CC3CCC2(C)C3(C)C)C1. The Morgan fingerprint density at radius 2 is 2.05 bits per heavy atom. The Labute approximate surface area is 122 Å². The van der Waals surface area contributed by atoms with Gasteiger partial charge in [0.05, 0.1) is 12.1 Å². The smallest absolute Gasteiger partial charge is 0.237 e. The van der Waals surface area contributed by atoms with E-state index in [1.54, 1.807) is 7.11 Å². The molecule has 5 unspecified atom stereocenters. The minimum absolute atomic E-state index is 0.0780. The van der Waals surface area contributed by atoms with Crippen molar-refractivity contribution in [3.8, 4) is 0 Å². The van der Waals surface area contributed by atoms with E-state index in [4.69, 9.17) is 4.74 Å². The van der Waals surface area contributed by atoms with E-state index in [1.165, 1.54) is 12.8 Å². The molecule has 114 valence electrons. The van der Waals surface area contributed by atoms with Crippen LogP contribution in [0.5, 0.6) is 0 Å². The van der Waals surface area contributed by atoms with E-state index < -0.39 is 0 Å². The zero-order valence-corrected chi connectivity index (χ0v) is 13.2. The van der Waals surface area contributed by atoms with Crippen molar-refractivity contribution in [1.29, 1.82) is 0 Å². The highest BCUT2D eigenvalue weighted by atomic mass is 16.5. The monoisotopic (exact) mass is 280 g/mol. The molecule has 20 heavy (non-hydrogen) atoms. The van der Waals surface area contributed by atoms with Gasteiger partial charge in [0.25, 0.3) is 0 Å². The summed E-state index contributed by atoms with van der Waals surface area (Å²) in [6.07, 6.45) is 4.68. The molecule has 2 bridgehead atoms. The molecule has 5 atom stereocenters. The molecule has 0 aromatic carbocycles. The number of carbonyl (C=O) groups excluding carboxylic acids is 1. The fourth-order valence-electron chi connectivity index (χ4n) is 4.78. The molecule has 2 saturated carbocycles. The van der Waals surface area contributed by atoms with E-state index in [9.17, 15) is 4.79 Å². The first-order valence-electron chi connectivity index (χ1n) is 7.95. The average molecular weight is 280 g/mol. The summed E-state index contributed by atoms with van der Waals surface area (Å²) in [6.45, 7) is 7.91. The first-order valence-corrected chi connectivity index (χ1v) is 7.95.